The number of carboxylic acid groups (broad SMARTS) is 1. The molecule has 1 saturated heterocycles. The standard InChI is InChI=1S/C19H27N3O4/c1-12(2)19(17(24)25)8-9-22(11-19)16(23)14-6-5-7-15(10-14)21-18(26)20-13(3)4/h5-7,10,12-13H,8-9,11H2,1-4H3,(H,24,25)(H2,20,21,26). The number of aliphatic carboxylic acids is 1. The molecule has 1 unspecified atom stereocenters. The smallest absolute Gasteiger partial charge is 0.319 e. The zero-order chi connectivity index (χ0) is 19.5. The van der Waals surface area contributed by atoms with E-state index in [0.717, 1.165) is 0 Å². The van der Waals surface area contributed by atoms with E-state index in [1.54, 1.807) is 29.2 Å². The van der Waals surface area contributed by atoms with Crippen molar-refractivity contribution < 1.29 is 19.5 Å². The molecular formula is C19H27N3O4. The van der Waals surface area contributed by atoms with Gasteiger partial charge in [-0.3, -0.25) is 9.59 Å². The molecule has 7 heteroatoms. The fraction of sp³-hybridized carbons (Fsp3) is 0.526. The Morgan fingerprint density at radius 3 is 2.42 bits per heavy atom. The SMILES string of the molecule is CC(C)NC(=O)Nc1cccc(C(=O)N2CCC(C(=O)O)(C(C)C)C2)c1. The summed E-state index contributed by atoms with van der Waals surface area (Å²) in [5.74, 6) is -1.14. The van der Waals surface area contributed by atoms with Gasteiger partial charge in [-0.05, 0) is 44.4 Å². The minimum Gasteiger partial charge on any atom is -0.481 e. The quantitative estimate of drug-likeness (QED) is 0.751. The van der Waals surface area contributed by atoms with Crippen molar-refractivity contribution in [3.05, 3.63) is 29.8 Å². The number of anilines is 1. The molecule has 1 aliphatic heterocycles. The van der Waals surface area contributed by atoms with Gasteiger partial charge >= 0.3 is 12.0 Å². The molecule has 1 heterocycles. The van der Waals surface area contributed by atoms with E-state index in [-0.39, 0.29) is 30.4 Å². The zero-order valence-corrected chi connectivity index (χ0v) is 15.7. The molecule has 0 bridgehead atoms. The Hall–Kier alpha value is -2.57. The maximum absolute atomic E-state index is 12.8. The number of rotatable bonds is 5. The molecule has 3 N–H and O–H groups in total. The van der Waals surface area contributed by atoms with Crippen LogP contribution in [-0.4, -0.2) is 47.0 Å². The number of carboxylic acids is 1. The second kappa shape index (κ2) is 7.76. The average Bonchev–Trinajstić information content (AvgIpc) is 3.00. The van der Waals surface area contributed by atoms with E-state index in [0.29, 0.717) is 24.2 Å². The van der Waals surface area contributed by atoms with Crippen molar-refractivity contribution in [1.29, 1.82) is 0 Å². The molecule has 3 amide bonds. The number of carbonyl (C=O) groups excluding carboxylic acids is 2. The predicted molar refractivity (Wildman–Crippen MR) is 99.2 cm³/mol. The lowest BCUT2D eigenvalue weighted by Gasteiger charge is -2.28. The Morgan fingerprint density at radius 2 is 1.88 bits per heavy atom. The summed E-state index contributed by atoms with van der Waals surface area (Å²) in [5, 5.41) is 15.0. The summed E-state index contributed by atoms with van der Waals surface area (Å²) in [5.41, 5.74) is 0.0432. The van der Waals surface area contributed by atoms with E-state index in [1.807, 2.05) is 27.7 Å². The number of hydrogen-bond acceptors (Lipinski definition) is 3. The van der Waals surface area contributed by atoms with Crippen molar-refractivity contribution in [3.8, 4) is 0 Å². The molecule has 0 spiro atoms. The molecule has 1 aliphatic rings. The summed E-state index contributed by atoms with van der Waals surface area (Å²) in [7, 11) is 0. The molecule has 142 valence electrons. The minimum absolute atomic E-state index is 0.00425. The number of likely N-dealkylation sites (tertiary alicyclic amines) is 1. The summed E-state index contributed by atoms with van der Waals surface area (Å²) in [6.45, 7) is 8.08. The van der Waals surface area contributed by atoms with Crippen LogP contribution in [0.15, 0.2) is 24.3 Å². The first kappa shape index (κ1) is 19.8. The van der Waals surface area contributed by atoms with E-state index in [9.17, 15) is 19.5 Å². The fourth-order valence-corrected chi connectivity index (χ4v) is 3.24. The van der Waals surface area contributed by atoms with E-state index < -0.39 is 11.4 Å². The first-order valence-corrected chi connectivity index (χ1v) is 8.86. The monoisotopic (exact) mass is 361 g/mol. The summed E-state index contributed by atoms with van der Waals surface area (Å²) < 4.78 is 0. The lowest BCUT2D eigenvalue weighted by atomic mass is 9.76. The Bertz CT molecular complexity index is 702. The van der Waals surface area contributed by atoms with Crippen LogP contribution in [0.4, 0.5) is 10.5 Å². The normalized spacial score (nSPS) is 19.7. The number of urea groups is 1. The van der Waals surface area contributed by atoms with E-state index >= 15 is 0 Å². The van der Waals surface area contributed by atoms with Gasteiger partial charge in [-0.2, -0.15) is 0 Å². The third kappa shape index (κ3) is 4.15. The van der Waals surface area contributed by atoms with Crippen molar-refractivity contribution in [2.75, 3.05) is 18.4 Å². The Balaban J connectivity index is 2.12. The predicted octanol–water partition coefficient (Wildman–Crippen LogP) is 2.79. The number of hydrogen-bond donors (Lipinski definition) is 3. The van der Waals surface area contributed by atoms with Crippen LogP contribution in [0.5, 0.6) is 0 Å². The minimum atomic E-state index is -0.900. The van der Waals surface area contributed by atoms with Crippen molar-refractivity contribution in [1.82, 2.24) is 10.2 Å². The summed E-state index contributed by atoms with van der Waals surface area (Å²) in [6.07, 6.45) is 0.445. The van der Waals surface area contributed by atoms with Crippen LogP contribution < -0.4 is 10.6 Å². The largest absolute Gasteiger partial charge is 0.481 e. The maximum atomic E-state index is 12.8. The molecule has 0 aromatic heterocycles. The molecule has 1 fully saturated rings. The fourth-order valence-electron chi connectivity index (χ4n) is 3.24. The number of nitrogens with zero attached hydrogens (tertiary/aromatic N) is 1. The highest BCUT2D eigenvalue weighted by Crippen LogP contribution is 2.38. The lowest BCUT2D eigenvalue weighted by Crippen LogP contribution is -2.40. The molecule has 2 rings (SSSR count). The third-order valence-corrected chi connectivity index (χ3v) is 4.91. The summed E-state index contributed by atoms with van der Waals surface area (Å²) >= 11 is 0. The van der Waals surface area contributed by atoms with Crippen molar-refractivity contribution >= 4 is 23.6 Å². The van der Waals surface area contributed by atoms with Crippen molar-refractivity contribution in [3.63, 3.8) is 0 Å². The molecule has 26 heavy (non-hydrogen) atoms. The van der Waals surface area contributed by atoms with Gasteiger partial charge in [0.2, 0.25) is 0 Å². The van der Waals surface area contributed by atoms with Crippen LogP contribution in [0.1, 0.15) is 44.5 Å². The summed E-state index contributed by atoms with van der Waals surface area (Å²) in [4.78, 5) is 37.9. The van der Waals surface area contributed by atoms with E-state index in [2.05, 4.69) is 10.6 Å². The molecule has 0 aliphatic carbocycles. The van der Waals surface area contributed by atoms with Gasteiger partial charge in [0.05, 0.1) is 5.41 Å². The second-order valence-corrected chi connectivity index (χ2v) is 7.43. The van der Waals surface area contributed by atoms with Crippen LogP contribution in [0.2, 0.25) is 0 Å². The van der Waals surface area contributed by atoms with Crippen molar-refractivity contribution in [2.45, 2.75) is 40.2 Å². The van der Waals surface area contributed by atoms with Gasteiger partial charge in [0, 0.05) is 30.4 Å². The summed E-state index contributed by atoms with van der Waals surface area (Å²) in [6, 6.07) is 6.35. The van der Waals surface area contributed by atoms with Crippen LogP contribution >= 0.6 is 0 Å². The molecule has 0 radical (unpaired) electrons. The van der Waals surface area contributed by atoms with Gasteiger partial charge in [-0.1, -0.05) is 19.9 Å². The number of carbonyl (C=O) groups is 3. The Kier molecular flexibility index (Phi) is 5.90. The van der Waals surface area contributed by atoms with Crippen molar-refractivity contribution in [2.24, 2.45) is 11.3 Å². The van der Waals surface area contributed by atoms with E-state index in [1.165, 1.54) is 0 Å². The van der Waals surface area contributed by atoms with Crippen LogP contribution in [0, 0.1) is 11.3 Å². The molecule has 7 nitrogen and oxygen atoms in total. The molecule has 1 atom stereocenters. The Morgan fingerprint density at radius 1 is 1.19 bits per heavy atom. The highest BCUT2D eigenvalue weighted by atomic mass is 16.4. The number of benzene rings is 1. The third-order valence-electron chi connectivity index (χ3n) is 4.91. The number of nitrogens with one attached hydrogen (secondary N) is 2. The first-order chi connectivity index (χ1) is 12.2. The number of amides is 3. The molecule has 1 aromatic rings. The maximum Gasteiger partial charge on any atom is 0.319 e. The molecular weight excluding hydrogens is 334 g/mol. The highest BCUT2D eigenvalue weighted by Gasteiger charge is 2.48. The molecule has 1 aromatic carbocycles. The Labute approximate surface area is 153 Å². The van der Waals surface area contributed by atoms with Crippen LogP contribution in [0.3, 0.4) is 0 Å². The lowest BCUT2D eigenvalue weighted by molar-refractivity contribution is -0.150. The van der Waals surface area contributed by atoms with E-state index in [4.69, 9.17) is 0 Å². The molecule has 0 saturated carbocycles. The van der Waals surface area contributed by atoms with Gasteiger partial charge in [-0.25, -0.2) is 4.79 Å². The average molecular weight is 361 g/mol. The van der Waals surface area contributed by atoms with Gasteiger partial charge in [0.15, 0.2) is 0 Å². The van der Waals surface area contributed by atoms with Gasteiger partial charge in [0.1, 0.15) is 0 Å². The first-order valence-electron chi connectivity index (χ1n) is 8.86. The van der Waals surface area contributed by atoms with Crippen LogP contribution in [0.25, 0.3) is 0 Å². The van der Waals surface area contributed by atoms with Crippen LogP contribution in [-0.2, 0) is 4.79 Å². The van der Waals surface area contributed by atoms with Gasteiger partial charge in [0.25, 0.3) is 5.91 Å². The van der Waals surface area contributed by atoms with Gasteiger partial charge in [-0.15, -0.1) is 0 Å². The topological polar surface area (TPSA) is 98.7 Å². The second-order valence-electron chi connectivity index (χ2n) is 7.43. The zero-order valence-electron chi connectivity index (χ0n) is 15.7. The van der Waals surface area contributed by atoms with Gasteiger partial charge < -0.3 is 20.6 Å². The highest BCUT2D eigenvalue weighted by molar-refractivity contribution is 5.97.